The first-order valence-corrected chi connectivity index (χ1v) is 27.0. The minimum atomic E-state index is -4.74. The van der Waals surface area contributed by atoms with Gasteiger partial charge in [-0.15, -0.1) is 17.9 Å². The van der Waals surface area contributed by atoms with Crippen molar-refractivity contribution >= 4 is 65.2 Å². The average molecular weight is 1060 g/mol. The zero-order chi connectivity index (χ0) is 53.3. The summed E-state index contributed by atoms with van der Waals surface area (Å²) in [5.41, 5.74) is 0.723. The summed E-state index contributed by atoms with van der Waals surface area (Å²) in [4.78, 5) is 79.6. The number of carbonyl (C=O) groups is 5. The molecule has 5 atom stereocenters. The van der Waals surface area contributed by atoms with Crippen molar-refractivity contribution in [3.05, 3.63) is 42.3 Å². The number of pyridine rings is 1. The van der Waals surface area contributed by atoms with Crippen LogP contribution in [0, 0.1) is 23.2 Å². The number of aromatic nitrogens is 2. The highest BCUT2D eigenvalue weighted by molar-refractivity contribution is 7.56. The van der Waals surface area contributed by atoms with E-state index in [9.17, 15) is 14.4 Å². The molecule has 0 spiro atoms. The number of carbonyl (C=O) groups excluding carboxylic acids is 5. The van der Waals surface area contributed by atoms with Crippen LogP contribution in [-0.4, -0.2) is 121 Å². The lowest BCUT2D eigenvalue weighted by atomic mass is 9.85. The van der Waals surface area contributed by atoms with E-state index in [1.165, 1.54) is 22.3 Å². The van der Waals surface area contributed by atoms with Gasteiger partial charge >= 0.3 is 26.0 Å². The first-order chi connectivity index (χ1) is 34.5. The Hall–Kier alpha value is -5.70. The van der Waals surface area contributed by atoms with Crippen molar-refractivity contribution in [3.63, 3.8) is 0 Å². The fourth-order valence-electron chi connectivity index (χ4n) is 8.40. The van der Waals surface area contributed by atoms with Crippen molar-refractivity contribution in [2.24, 2.45) is 23.2 Å². The molecule has 3 N–H and O–H groups in total. The third-order valence-electron chi connectivity index (χ3n) is 12.2. The van der Waals surface area contributed by atoms with Crippen molar-refractivity contribution in [1.29, 1.82) is 0 Å². The maximum atomic E-state index is 15.1. The minimum Gasteiger partial charge on any atom is -0.497 e. The fourth-order valence-corrected chi connectivity index (χ4v) is 11.4. The van der Waals surface area contributed by atoms with E-state index in [1.807, 2.05) is 46.9 Å². The van der Waals surface area contributed by atoms with Gasteiger partial charge in [0.25, 0.3) is 0 Å². The van der Waals surface area contributed by atoms with Gasteiger partial charge in [0.05, 0.1) is 38.1 Å². The van der Waals surface area contributed by atoms with Crippen molar-refractivity contribution < 1.29 is 70.7 Å². The SMILES string of the molecule is C=C[C@@H]1C[C@]1(NC(=O)C1C[C@@H](Oc2cc(-c3csc(NC(C)C)n3)nc3cc(OC)ccc23)CN1C(=O)[C@@H](NC(=O)OC1CCCC1)C(C)(C)C)P(=O)(OCOC(=O)OCC(C)C)OCOC(=O)OCC(C)C. The molecule has 0 bridgehead atoms. The third-order valence-corrected chi connectivity index (χ3v) is 15.5. The minimum absolute atomic E-state index is 0.0177. The molecule has 1 aliphatic heterocycles. The maximum Gasteiger partial charge on any atom is 0.510 e. The molecule has 3 amide bonds. The van der Waals surface area contributed by atoms with E-state index in [4.69, 9.17) is 52.2 Å². The predicted octanol–water partition coefficient (Wildman–Crippen LogP) is 9.40. The van der Waals surface area contributed by atoms with Crippen LogP contribution in [0.15, 0.2) is 42.3 Å². The quantitative estimate of drug-likeness (QED) is 0.0263. The van der Waals surface area contributed by atoms with E-state index >= 15 is 14.2 Å². The molecule has 3 heterocycles. The molecule has 3 aliphatic rings. The first kappa shape index (κ1) is 56.6. The Morgan fingerprint density at radius 2 is 1.55 bits per heavy atom. The second kappa shape index (κ2) is 24.6. The highest BCUT2D eigenvalue weighted by atomic mass is 32.1. The van der Waals surface area contributed by atoms with Crippen LogP contribution >= 0.6 is 18.9 Å². The number of rotatable bonds is 23. The second-order valence-corrected chi connectivity index (χ2v) is 23.8. The third kappa shape index (κ3) is 14.8. The molecule has 23 heteroatoms. The van der Waals surface area contributed by atoms with E-state index in [-0.39, 0.29) is 56.6 Å². The molecule has 2 aliphatic carbocycles. The predicted molar refractivity (Wildman–Crippen MR) is 271 cm³/mol. The molecule has 3 aromatic rings. The molecule has 1 unspecified atom stereocenters. The second-order valence-electron chi connectivity index (χ2n) is 20.6. The normalized spacial score (nSPS) is 20.4. The Balaban J connectivity index is 1.34. The van der Waals surface area contributed by atoms with Gasteiger partial charge in [0.15, 0.2) is 5.13 Å². The monoisotopic (exact) mass is 1060 g/mol. The number of benzene rings is 1. The standard InChI is InChI=1S/C50H71N6O15PS/c1-12-32-22-50(32,72(62,68-27-66-47(60)64-24-29(2)3)69-28-67-48(61)65-25-30(4)5)55-43(57)40-20-35(23-56(40)44(58)42(49(8,9)10)54-46(59)71-33-15-13-14-16-33)70-41-21-38(39-26-73-45(53-39)51-31(6)7)52-37-19-34(63-11)17-18-36(37)41/h12,17-19,21,26,29-33,35,40,42H,1,13-16,20,22-25,27-28H2,2-11H3,(H,51,53)(H,54,59)(H,55,57)/t32-,35-,40?,42-,50+/m1/s1. The number of hydrogen-bond acceptors (Lipinski definition) is 19. The van der Waals surface area contributed by atoms with Gasteiger partial charge in [0.2, 0.25) is 25.4 Å². The molecule has 6 rings (SSSR count). The zero-order valence-corrected chi connectivity index (χ0v) is 45.1. The van der Waals surface area contributed by atoms with Crippen molar-refractivity contribution in [1.82, 2.24) is 25.5 Å². The van der Waals surface area contributed by atoms with Gasteiger partial charge in [0, 0.05) is 41.3 Å². The van der Waals surface area contributed by atoms with Gasteiger partial charge in [-0.3, -0.25) is 23.2 Å². The van der Waals surface area contributed by atoms with Crippen molar-refractivity contribution in [2.45, 2.75) is 136 Å². The van der Waals surface area contributed by atoms with Crippen molar-refractivity contribution in [3.8, 4) is 22.9 Å². The summed E-state index contributed by atoms with van der Waals surface area (Å²) >= 11 is 1.42. The van der Waals surface area contributed by atoms with E-state index < -0.39 is 86.2 Å². The summed E-state index contributed by atoms with van der Waals surface area (Å²) in [6.45, 7) is 18.6. The van der Waals surface area contributed by atoms with Crippen LogP contribution in [0.25, 0.3) is 22.3 Å². The summed E-state index contributed by atoms with van der Waals surface area (Å²) < 4.78 is 65.0. The van der Waals surface area contributed by atoms with Crippen molar-refractivity contribution in [2.75, 3.05) is 45.8 Å². The molecule has 3 fully saturated rings. The Kier molecular flexibility index (Phi) is 19.0. The zero-order valence-electron chi connectivity index (χ0n) is 43.4. The van der Waals surface area contributed by atoms with Gasteiger partial charge in [-0.1, -0.05) is 54.5 Å². The van der Waals surface area contributed by atoms with Gasteiger partial charge < -0.3 is 54.0 Å². The fraction of sp³-hybridized carbons (Fsp3) is 0.620. The Bertz CT molecular complexity index is 2460. The van der Waals surface area contributed by atoms with E-state index in [0.717, 1.165) is 12.8 Å². The number of thiazole rings is 1. The molecular weight excluding hydrogens is 988 g/mol. The topological polar surface area (TPSA) is 251 Å². The molecule has 1 saturated heterocycles. The van der Waals surface area contributed by atoms with Crippen LogP contribution in [0.4, 0.5) is 19.5 Å². The smallest absolute Gasteiger partial charge is 0.497 e. The number of likely N-dealkylation sites (tertiary alicyclic amines) is 1. The number of methoxy groups -OCH3 is 1. The lowest BCUT2D eigenvalue weighted by molar-refractivity contribution is -0.142. The lowest BCUT2D eigenvalue weighted by Gasteiger charge is -2.36. The van der Waals surface area contributed by atoms with Crippen LogP contribution in [0.1, 0.15) is 101 Å². The Morgan fingerprint density at radius 1 is 0.904 bits per heavy atom. The summed E-state index contributed by atoms with van der Waals surface area (Å²) in [6.07, 6.45) is 0.423. The number of alkyl carbamates (subject to hydrolysis) is 1. The van der Waals surface area contributed by atoms with Crippen LogP contribution in [0.5, 0.6) is 11.5 Å². The molecule has 2 saturated carbocycles. The number of hydrogen-bond donors (Lipinski definition) is 3. The number of ether oxygens (including phenoxy) is 7. The molecular formula is C50H71N6O15PS. The number of amides is 3. The van der Waals surface area contributed by atoms with Crippen LogP contribution in [0.2, 0.25) is 0 Å². The highest BCUT2D eigenvalue weighted by Crippen LogP contribution is 2.73. The first-order valence-electron chi connectivity index (χ1n) is 24.6. The van der Waals surface area contributed by atoms with Crippen LogP contribution < -0.4 is 25.4 Å². The summed E-state index contributed by atoms with van der Waals surface area (Å²) in [5.74, 6) is -1.25. The molecule has 21 nitrogen and oxygen atoms in total. The molecule has 1 aromatic carbocycles. The average Bonchev–Trinajstić information content (AvgIpc) is 3.73. The number of nitrogens with one attached hydrogen (secondary N) is 3. The molecule has 402 valence electrons. The number of fused-ring (bicyclic) bond motifs is 1. The molecule has 2 aromatic heterocycles. The van der Waals surface area contributed by atoms with Crippen LogP contribution in [-0.2, 0) is 46.9 Å². The number of anilines is 1. The molecule has 0 radical (unpaired) electrons. The van der Waals surface area contributed by atoms with Gasteiger partial charge in [-0.2, -0.15) is 0 Å². The maximum absolute atomic E-state index is 15.1. The lowest BCUT2D eigenvalue weighted by Crippen LogP contribution is -2.58. The Morgan fingerprint density at radius 3 is 2.11 bits per heavy atom. The highest BCUT2D eigenvalue weighted by Gasteiger charge is 2.69. The van der Waals surface area contributed by atoms with E-state index in [1.54, 1.807) is 52.1 Å². The van der Waals surface area contributed by atoms with E-state index in [0.29, 0.717) is 51.8 Å². The summed E-state index contributed by atoms with van der Waals surface area (Å²) in [5, 5.41) is 10.3. The number of nitrogens with zero attached hydrogens (tertiary/aromatic N) is 3. The summed E-state index contributed by atoms with van der Waals surface area (Å²) in [7, 11) is -3.19. The van der Waals surface area contributed by atoms with Gasteiger partial charge in [-0.05, 0) is 75.3 Å². The Labute approximate surface area is 430 Å². The van der Waals surface area contributed by atoms with Gasteiger partial charge in [-0.25, -0.2) is 24.4 Å². The largest absolute Gasteiger partial charge is 0.510 e. The van der Waals surface area contributed by atoms with Gasteiger partial charge in [0.1, 0.15) is 46.8 Å². The van der Waals surface area contributed by atoms with E-state index in [2.05, 4.69) is 22.5 Å². The molecule has 73 heavy (non-hydrogen) atoms. The van der Waals surface area contributed by atoms with Crippen LogP contribution in [0.3, 0.4) is 0 Å². The summed E-state index contributed by atoms with van der Waals surface area (Å²) in [6, 6.07) is 4.72.